The molecule has 0 spiro atoms. The zero-order valence-electron chi connectivity index (χ0n) is 13.1. The molecule has 2 N–H and O–H groups in total. The number of rotatable bonds is 6. The number of nitrogens with zero attached hydrogens (tertiary/aromatic N) is 1. The molecule has 1 aromatic carbocycles. The van der Waals surface area contributed by atoms with E-state index in [-0.39, 0.29) is 23.3 Å². The first-order valence-corrected chi connectivity index (χ1v) is 9.47. The first-order chi connectivity index (χ1) is 10.9. The molecule has 0 bridgehead atoms. The Labute approximate surface area is 136 Å². The summed E-state index contributed by atoms with van der Waals surface area (Å²) in [7, 11) is -3.00. The number of nitrogens with one attached hydrogen (secondary N) is 1. The Kier molecular flexibility index (Phi) is 5.97. The van der Waals surface area contributed by atoms with Gasteiger partial charge in [-0.3, -0.25) is 0 Å². The van der Waals surface area contributed by atoms with E-state index in [0.29, 0.717) is 12.4 Å². The fraction of sp³-hybridized carbons (Fsp3) is 0.562. The summed E-state index contributed by atoms with van der Waals surface area (Å²) in [6, 6.07) is 5.84. The minimum absolute atomic E-state index is 0.0162. The van der Waals surface area contributed by atoms with Crippen molar-refractivity contribution in [2.24, 2.45) is 5.92 Å². The smallest absolute Gasteiger partial charge is 0.342 e. The van der Waals surface area contributed by atoms with E-state index in [0.717, 1.165) is 25.7 Å². The molecule has 1 aromatic rings. The summed E-state index contributed by atoms with van der Waals surface area (Å²) in [5, 5.41) is 8.72. The maximum absolute atomic E-state index is 13.6. The van der Waals surface area contributed by atoms with Crippen LogP contribution >= 0.6 is 0 Å². The highest BCUT2D eigenvalue weighted by Gasteiger charge is 2.30. The van der Waals surface area contributed by atoms with Crippen LogP contribution in [0.25, 0.3) is 0 Å². The van der Waals surface area contributed by atoms with Crippen LogP contribution in [0.3, 0.4) is 0 Å². The van der Waals surface area contributed by atoms with Crippen molar-refractivity contribution in [1.82, 2.24) is 4.72 Å². The third-order valence-corrected chi connectivity index (χ3v) is 5.61. The highest BCUT2D eigenvalue weighted by molar-refractivity contribution is 7.89. The van der Waals surface area contributed by atoms with Crippen LogP contribution in [0.2, 0.25) is 0 Å². The maximum Gasteiger partial charge on any atom is 0.342 e. The number of hydrogen-bond acceptors (Lipinski definition) is 3. The Morgan fingerprint density at radius 3 is 2.87 bits per heavy atom. The van der Waals surface area contributed by atoms with Crippen molar-refractivity contribution in [3.63, 3.8) is 0 Å². The third-order valence-electron chi connectivity index (χ3n) is 4.16. The highest BCUT2D eigenvalue weighted by Crippen LogP contribution is 2.26. The van der Waals surface area contributed by atoms with Crippen LogP contribution in [0, 0.1) is 23.1 Å². The minimum atomic E-state index is -3.00. The number of hydrogen-bond donors (Lipinski definition) is 1. The third kappa shape index (κ3) is 4.91. The molecule has 2 unspecified atom stereocenters. The SMILES string of the molecule is CCS(=O)(=[OH+])NC1CCCC[C@@H]1COc1ccc(C#N)c(F)c1. The lowest BCUT2D eigenvalue weighted by Gasteiger charge is -2.30. The van der Waals surface area contributed by atoms with Crippen molar-refractivity contribution < 1.29 is 17.5 Å². The molecule has 2 rings (SSSR count). The fourth-order valence-corrected chi connectivity index (χ4v) is 3.71. The van der Waals surface area contributed by atoms with Gasteiger partial charge in [-0.15, -0.1) is 0 Å². The quantitative estimate of drug-likeness (QED) is 0.808. The lowest BCUT2D eigenvalue weighted by Crippen LogP contribution is -2.44. The molecule has 1 aliphatic rings. The largest absolute Gasteiger partial charge is 0.493 e. The molecule has 0 heterocycles. The summed E-state index contributed by atoms with van der Waals surface area (Å²) < 4.78 is 43.7. The van der Waals surface area contributed by atoms with E-state index in [9.17, 15) is 12.8 Å². The lowest BCUT2D eigenvalue weighted by atomic mass is 9.86. The average Bonchev–Trinajstić information content (AvgIpc) is 2.54. The van der Waals surface area contributed by atoms with Crippen molar-refractivity contribution in [3.05, 3.63) is 29.6 Å². The van der Waals surface area contributed by atoms with E-state index < -0.39 is 15.8 Å². The minimum Gasteiger partial charge on any atom is -0.493 e. The first-order valence-electron chi connectivity index (χ1n) is 7.79. The van der Waals surface area contributed by atoms with Gasteiger partial charge in [0, 0.05) is 18.0 Å². The van der Waals surface area contributed by atoms with Gasteiger partial charge in [-0.05, 0) is 31.9 Å². The highest BCUT2D eigenvalue weighted by atomic mass is 32.2. The van der Waals surface area contributed by atoms with Gasteiger partial charge in [0.2, 0.25) is 0 Å². The van der Waals surface area contributed by atoms with Gasteiger partial charge in [-0.1, -0.05) is 12.8 Å². The van der Waals surface area contributed by atoms with E-state index in [1.165, 1.54) is 12.1 Å². The molecular weight excluding hydrogens is 319 g/mol. The Morgan fingerprint density at radius 2 is 2.22 bits per heavy atom. The second-order valence-electron chi connectivity index (χ2n) is 5.76. The zero-order valence-corrected chi connectivity index (χ0v) is 13.9. The molecule has 0 saturated heterocycles. The molecule has 5 nitrogen and oxygen atoms in total. The topological polar surface area (TPSA) is 83.5 Å². The predicted octanol–water partition coefficient (Wildman–Crippen LogP) is 2.73. The van der Waals surface area contributed by atoms with Crippen LogP contribution in [-0.4, -0.2) is 26.8 Å². The molecule has 3 atom stereocenters. The number of halogens is 1. The molecule has 7 heteroatoms. The van der Waals surface area contributed by atoms with Crippen LogP contribution in [0.1, 0.15) is 38.2 Å². The standard InChI is InChI=1S/C16H21FN2O3S/c1-2-23(20,21)19-16-6-4-3-5-13(16)11-22-14-8-7-12(10-18)15(17)9-14/h7-9,13,16H,2-6,11H2,1H3,(H,19,20,21)/p+1/t13-,16?/m1/s1. The van der Waals surface area contributed by atoms with Gasteiger partial charge in [0.25, 0.3) is 0 Å². The second kappa shape index (κ2) is 7.75. The van der Waals surface area contributed by atoms with Crippen molar-refractivity contribution in [3.8, 4) is 11.8 Å². The monoisotopic (exact) mass is 341 g/mol. The van der Waals surface area contributed by atoms with Crippen molar-refractivity contribution in [1.29, 1.82) is 5.26 Å². The summed E-state index contributed by atoms with van der Waals surface area (Å²) >= 11 is 0. The van der Waals surface area contributed by atoms with E-state index >= 15 is 0 Å². The van der Waals surface area contributed by atoms with Crippen molar-refractivity contribution >= 4 is 10.0 Å². The Hall–Kier alpha value is -1.65. The van der Waals surface area contributed by atoms with Gasteiger partial charge in [0.05, 0.1) is 12.2 Å². The average molecular weight is 341 g/mol. The normalized spacial score (nSPS) is 23.7. The first kappa shape index (κ1) is 17.7. The van der Waals surface area contributed by atoms with E-state index in [1.54, 1.807) is 19.1 Å². The molecule has 1 aliphatic carbocycles. The summed E-state index contributed by atoms with van der Waals surface area (Å²) in [4.78, 5) is 0. The number of benzene rings is 1. The Bertz CT molecular complexity index is 685. The van der Waals surface area contributed by atoms with Gasteiger partial charge >= 0.3 is 10.0 Å². The lowest BCUT2D eigenvalue weighted by molar-refractivity contribution is 0.180. The summed E-state index contributed by atoms with van der Waals surface area (Å²) in [5.41, 5.74) is -0.0162. The van der Waals surface area contributed by atoms with Crippen LogP contribution in [0.4, 0.5) is 4.39 Å². The van der Waals surface area contributed by atoms with E-state index in [2.05, 4.69) is 4.72 Å². The summed E-state index contributed by atoms with van der Waals surface area (Å²) in [6.45, 7) is 2.02. The van der Waals surface area contributed by atoms with Crippen molar-refractivity contribution in [2.45, 2.75) is 38.6 Å². The fourth-order valence-electron chi connectivity index (χ4n) is 2.76. The summed E-state index contributed by atoms with van der Waals surface area (Å²) in [5.74, 6) is 0.0264. The predicted molar refractivity (Wildman–Crippen MR) is 86.1 cm³/mol. The van der Waals surface area contributed by atoms with Crippen LogP contribution in [-0.2, 0) is 10.0 Å². The van der Waals surface area contributed by atoms with Crippen LogP contribution in [0.5, 0.6) is 5.75 Å². The Balaban J connectivity index is 1.99. The molecular formula is C16H22FN2O3S+. The number of nitriles is 1. The van der Waals surface area contributed by atoms with Crippen molar-refractivity contribution in [2.75, 3.05) is 12.4 Å². The molecule has 0 aromatic heterocycles. The molecule has 1 fully saturated rings. The van der Waals surface area contributed by atoms with E-state index in [1.807, 2.05) is 0 Å². The maximum atomic E-state index is 13.6. The summed E-state index contributed by atoms with van der Waals surface area (Å²) in [6.07, 6.45) is 3.79. The molecule has 0 amide bonds. The van der Waals surface area contributed by atoms with Gasteiger partial charge in [0.1, 0.15) is 23.4 Å². The Morgan fingerprint density at radius 1 is 1.48 bits per heavy atom. The van der Waals surface area contributed by atoms with Gasteiger partial charge in [-0.2, -0.15) is 14.2 Å². The van der Waals surface area contributed by atoms with E-state index in [4.69, 9.17) is 10.00 Å². The van der Waals surface area contributed by atoms with Crippen LogP contribution < -0.4 is 9.46 Å². The molecule has 0 radical (unpaired) electrons. The molecule has 126 valence electrons. The second-order valence-corrected chi connectivity index (χ2v) is 7.86. The van der Waals surface area contributed by atoms with Gasteiger partial charge in [0.15, 0.2) is 0 Å². The zero-order chi connectivity index (χ0) is 16.9. The number of ether oxygens (including phenoxy) is 1. The van der Waals surface area contributed by atoms with Gasteiger partial charge in [-0.25, -0.2) is 8.60 Å². The molecule has 1 saturated carbocycles. The van der Waals surface area contributed by atoms with Crippen LogP contribution in [0.15, 0.2) is 18.2 Å². The van der Waals surface area contributed by atoms with Gasteiger partial charge < -0.3 is 4.74 Å². The molecule has 0 aliphatic heterocycles. The molecule has 23 heavy (non-hydrogen) atoms.